The third-order valence-corrected chi connectivity index (χ3v) is 3.32. The molecular weight excluding hydrogens is 242 g/mol. The van der Waals surface area contributed by atoms with E-state index in [4.69, 9.17) is 9.71 Å². The van der Waals surface area contributed by atoms with E-state index in [0.29, 0.717) is 0 Å². The van der Waals surface area contributed by atoms with Crippen molar-refractivity contribution >= 4 is 10.1 Å². The second-order valence-corrected chi connectivity index (χ2v) is 5.22. The molecule has 7 heteroatoms. The minimum Gasteiger partial charge on any atom is -0.266 e. The van der Waals surface area contributed by atoms with Crippen LogP contribution in [-0.2, 0) is 14.3 Å². The largest absolute Gasteiger partial charge is 0.296 e. The number of aryl methyl sites for hydroxylation is 1. The van der Waals surface area contributed by atoms with Gasteiger partial charge in [0.2, 0.25) is 0 Å². The van der Waals surface area contributed by atoms with Crippen molar-refractivity contribution in [3.8, 4) is 0 Å². The fraction of sp³-hybridized carbons (Fsp3) is 0.400. The molecule has 1 aromatic rings. The third kappa shape index (κ3) is 4.07. The fourth-order valence-corrected chi connectivity index (χ4v) is 2.06. The van der Waals surface area contributed by atoms with Gasteiger partial charge in [0.1, 0.15) is 0 Å². The lowest BCUT2D eigenvalue weighted by molar-refractivity contribution is 0.298. The van der Waals surface area contributed by atoms with E-state index in [1.807, 2.05) is 6.92 Å². The van der Waals surface area contributed by atoms with E-state index >= 15 is 0 Å². The van der Waals surface area contributed by atoms with Gasteiger partial charge in [0, 0.05) is 4.91 Å². The first-order chi connectivity index (χ1) is 7.95. The van der Waals surface area contributed by atoms with E-state index in [1.165, 1.54) is 12.1 Å². The molecule has 0 N–H and O–H groups in total. The van der Waals surface area contributed by atoms with Crippen molar-refractivity contribution in [2.24, 2.45) is 5.11 Å². The molecule has 0 amide bonds. The second kappa shape index (κ2) is 5.67. The summed E-state index contributed by atoms with van der Waals surface area (Å²) < 4.78 is 28.2. The summed E-state index contributed by atoms with van der Waals surface area (Å²) in [5, 5.41) is 3.33. The minimum atomic E-state index is -3.77. The Morgan fingerprint density at radius 3 is 2.53 bits per heavy atom. The average Bonchev–Trinajstić information content (AvgIpc) is 2.28. The van der Waals surface area contributed by atoms with E-state index in [1.54, 1.807) is 19.1 Å². The summed E-state index contributed by atoms with van der Waals surface area (Å²) in [5.41, 5.74) is 9.13. The van der Waals surface area contributed by atoms with E-state index in [-0.39, 0.29) is 11.5 Å². The number of hydrogen-bond acceptors (Lipinski definition) is 4. The van der Waals surface area contributed by atoms with Crippen molar-refractivity contribution in [2.45, 2.75) is 24.8 Å². The van der Waals surface area contributed by atoms with Crippen LogP contribution in [0.2, 0.25) is 0 Å². The summed E-state index contributed by atoms with van der Waals surface area (Å²) in [6.07, 6.45) is 0. The second-order valence-electron chi connectivity index (χ2n) is 3.61. The maximum atomic E-state index is 11.7. The summed E-state index contributed by atoms with van der Waals surface area (Å²) in [7, 11) is -3.77. The van der Waals surface area contributed by atoms with Gasteiger partial charge in [0.15, 0.2) is 0 Å². The Labute approximate surface area is 100.0 Å². The van der Waals surface area contributed by atoms with Crippen LogP contribution in [-0.4, -0.2) is 21.1 Å². The molecule has 17 heavy (non-hydrogen) atoms. The van der Waals surface area contributed by atoms with Gasteiger partial charge in [-0.2, -0.15) is 8.42 Å². The molecular formula is C10H13N3O3S. The Bertz CT molecular complexity index is 518. The molecule has 1 rings (SSSR count). The topological polar surface area (TPSA) is 92.1 Å². The zero-order valence-corrected chi connectivity index (χ0v) is 10.4. The van der Waals surface area contributed by atoms with E-state index in [0.717, 1.165) is 5.56 Å². The fourth-order valence-electron chi connectivity index (χ4n) is 1.08. The molecule has 0 radical (unpaired) electrons. The highest BCUT2D eigenvalue weighted by molar-refractivity contribution is 7.86. The highest BCUT2D eigenvalue weighted by atomic mass is 32.2. The minimum absolute atomic E-state index is 0.0937. The SMILES string of the molecule is Cc1ccc(S(=O)(=O)OCC(C)N=[N+]=[N-])cc1. The van der Waals surface area contributed by atoms with Crippen molar-refractivity contribution < 1.29 is 12.6 Å². The van der Waals surface area contributed by atoms with Crippen LogP contribution in [0.15, 0.2) is 34.3 Å². The monoisotopic (exact) mass is 255 g/mol. The predicted octanol–water partition coefficient (Wildman–Crippen LogP) is 2.40. The zero-order chi connectivity index (χ0) is 12.9. The summed E-state index contributed by atoms with van der Waals surface area (Å²) in [5.74, 6) is 0. The molecule has 1 atom stereocenters. The first kappa shape index (κ1) is 13.5. The number of nitrogens with zero attached hydrogens (tertiary/aromatic N) is 3. The molecule has 0 aliphatic heterocycles. The van der Waals surface area contributed by atoms with Gasteiger partial charge >= 0.3 is 0 Å². The first-order valence-corrected chi connectivity index (χ1v) is 6.37. The van der Waals surface area contributed by atoms with E-state index in [2.05, 4.69) is 10.0 Å². The highest BCUT2D eigenvalue weighted by Crippen LogP contribution is 2.13. The zero-order valence-electron chi connectivity index (χ0n) is 9.57. The average molecular weight is 255 g/mol. The van der Waals surface area contributed by atoms with Gasteiger partial charge in [-0.1, -0.05) is 29.7 Å². The quantitative estimate of drug-likeness (QED) is 0.350. The molecule has 0 aliphatic carbocycles. The molecule has 92 valence electrons. The Morgan fingerprint density at radius 1 is 1.41 bits per heavy atom. The van der Waals surface area contributed by atoms with Gasteiger partial charge in [0.25, 0.3) is 10.1 Å². The van der Waals surface area contributed by atoms with Gasteiger partial charge in [-0.25, -0.2) is 0 Å². The molecule has 0 fully saturated rings. The van der Waals surface area contributed by atoms with Crippen LogP contribution in [0.3, 0.4) is 0 Å². The van der Waals surface area contributed by atoms with Crippen LogP contribution >= 0.6 is 0 Å². The molecule has 0 aromatic heterocycles. The van der Waals surface area contributed by atoms with Crippen LogP contribution in [0, 0.1) is 6.92 Å². The Hall–Kier alpha value is -1.56. The van der Waals surface area contributed by atoms with Gasteiger partial charge < -0.3 is 0 Å². The molecule has 0 aliphatic rings. The molecule has 1 aromatic carbocycles. The van der Waals surface area contributed by atoms with Gasteiger partial charge in [-0.05, 0) is 24.6 Å². The van der Waals surface area contributed by atoms with Crippen molar-refractivity contribution in [3.63, 3.8) is 0 Å². The van der Waals surface area contributed by atoms with Gasteiger partial charge in [-0.15, -0.1) is 0 Å². The molecule has 0 heterocycles. The van der Waals surface area contributed by atoms with Crippen LogP contribution in [0.1, 0.15) is 12.5 Å². The summed E-state index contributed by atoms with van der Waals surface area (Å²) >= 11 is 0. The summed E-state index contributed by atoms with van der Waals surface area (Å²) in [6.45, 7) is 3.27. The predicted molar refractivity (Wildman–Crippen MR) is 62.9 cm³/mol. The maximum Gasteiger partial charge on any atom is 0.296 e. The first-order valence-electron chi connectivity index (χ1n) is 4.96. The highest BCUT2D eigenvalue weighted by Gasteiger charge is 2.15. The summed E-state index contributed by atoms with van der Waals surface area (Å²) in [6, 6.07) is 5.80. The number of benzene rings is 1. The standard InChI is InChI=1S/C10H13N3O3S/c1-8-3-5-10(6-4-8)17(14,15)16-7-9(2)12-13-11/h3-6,9H,7H2,1-2H3. The van der Waals surface area contributed by atoms with Crippen LogP contribution < -0.4 is 0 Å². The Balaban J connectivity index is 2.75. The number of hydrogen-bond donors (Lipinski definition) is 0. The lowest BCUT2D eigenvalue weighted by Gasteiger charge is -2.07. The van der Waals surface area contributed by atoms with Crippen LogP contribution in [0.25, 0.3) is 10.4 Å². The molecule has 0 saturated carbocycles. The third-order valence-electron chi connectivity index (χ3n) is 2.02. The van der Waals surface area contributed by atoms with E-state index in [9.17, 15) is 8.42 Å². The van der Waals surface area contributed by atoms with Crippen LogP contribution in [0.5, 0.6) is 0 Å². The lowest BCUT2D eigenvalue weighted by atomic mass is 10.2. The molecule has 0 saturated heterocycles. The molecule has 6 nitrogen and oxygen atoms in total. The summed E-state index contributed by atoms with van der Waals surface area (Å²) in [4.78, 5) is 2.66. The van der Waals surface area contributed by atoms with Gasteiger partial charge in [0.05, 0.1) is 17.5 Å². The Morgan fingerprint density at radius 2 is 2.00 bits per heavy atom. The van der Waals surface area contributed by atoms with E-state index < -0.39 is 16.2 Å². The number of azide groups is 1. The van der Waals surface area contributed by atoms with Crippen molar-refractivity contribution in [1.29, 1.82) is 0 Å². The maximum absolute atomic E-state index is 11.7. The molecule has 1 unspecified atom stereocenters. The smallest absolute Gasteiger partial charge is 0.266 e. The normalized spacial score (nSPS) is 12.8. The van der Waals surface area contributed by atoms with Gasteiger partial charge in [-0.3, -0.25) is 4.18 Å². The number of rotatable bonds is 5. The van der Waals surface area contributed by atoms with Crippen LogP contribution in [0.4, 0.5) is 0 Å². The van der Waals surface area contributed by atoms with Crippen molar-refractivity contribution in [1.82, 2.24) is 0 Å². The van der Waals surface area contributed by atoms with Crippen molar-refractivity contribution in [2.75, 3.05) is 6.61 Å². The molecule has 0 bridgehead atoms. The Kier molecular flexibility index (Phi) is 4.51. The molecule has 0 spiro atoms. The van der Waals surface area contributed by atoms with Crippen molar-refractivity contribution in [3.05, 3.63) is 40.3 Å². The lowest BCUT2D eigenvalue weighted by Crippen LogP contribution is -2.14.